The van der Waals surface area contributed by atoms with Gasteiger partial charge in [0.1, 0.15) is 11.6 Å². The van der Waals surface area contributed by atoms with Crippen LogP contribution >= 0.6 is 0 Å². The lowest BCUT2D eigenvalue weighted by atomic mass is 9.83. The summed E-state index contributed by atoms with van der Waals surface area (Å²) in [5.41, 5.74) is 3.09. The zero-order chi connectivity index (χ0) is 21.2. The minimum atomic E-state index is 0.209. The molecule has 5 nitrogen and oxygen atoms in total. The van der Waals surface area contributed by atoms with Gasteiger partial charge >= 0.3 is 0 Å². The van der Waals surface area contributed by atoms with Crippen LogP contribution in [0.1, 0.15) is 81.0 Å². The van der Waals surface area contributed by atoms with Crippen LogP contribution in [0.15, 0.2) is 36.7 Å². The van der Waals surface area contributed by atoms with Crippen molar-refractivity contribution in [1.29, 1.82) is 5.26 Å². The molecule has 0 amide bonds. The highest BCUT2D eigenvalue weighted by molar-refractivity contribution is 5.39. The van der Waals surface area contributed by atoms with E-state index in [0.717, 1.165) is 37.9 Å². The third-order valence-corrected chi connectivity index (χ3v) is 6.15. The van der Waals surface area contributed by atoms with Gasteiger partial charge in [-0.15, -0.1) is 0 Å². The summed E-state index contributed by atoms with van der Waals surface area (Å²) in [6.45, 7) is 3.06. The Kier molecular flexibility index (Phi) is 8.21. The molecule has 2 aromatic rings. The Hall–Kier alpha value is -2.45. The molecule has 2 fully saturated rings. The molecule has 0 unspecified atom stereocenters. The number of aromatic nitrogens is 2. The topological polar surface area (TPSA) is 68.0 Å². The summed E-state index contributed by atoms with van der Waals surface area (Å²) < 4.78 is 11.0. The van der Waals surface area contributed by atoms with Gasteiger partial charge in [0.25, 0.3) is 0 Å². The first-order chi connectivity index (χ1) is 14.7. The van der Waals surface area contributed by atoms with Crippen molar-refractivity contribution in [3.05, 3.63) is 53.5 Å². The van der Waals surface area contributed by atoms with E-state index in [9.17, 15) is 0 Å². The minimum absolute atomic E-state index is 0.209. The molecular weight excluding hydrogens is 374 g/mol. The lowest BCUT2D eigenvalue weighted by molar-refractivity contribution is -0.0809. The zero-order valence-corrected chi connectivity index (χ0v) is 18.3. The Bertz CT molecular complexity index is 826. The Morgan fingerprint density at radius 2 is 2.10 bits per heavy atom. The van der Waals surface area contributed by atoms with E-state index >= 15 is 0 Å². The highest BCUT2D eigenvalue weighted by Crippen LogP contribution is 2.44. The molecular formula is C25H33N3O2. The number of hydrogen-bond donors (Lipinski definition) is 0. The molecule has 0 aromatic carbocycles. The lowest BCUT2D eigenvalue weighted by Crippen LogP contribution is -2.36. The molecule has 1 atom stereocenters. The van der Waals surface area contributed by atoms with Gasteiger partial charge in [0.05, 0.1) is 12.7 Å². The number of methoxy groups -OCH3 is 1. The number of pyridine rings is 2. The summed E-state index contributed by atoms with van der Waals surface area (Å²) in [7, 11) is 1.52. The van der Waals surface area contributed by atoms with E-state index in [-0.39, 0.29) is 5.60 Å². The van der Waals surface area contributed by atoms with Crippen molar-refractivity contribution in [3.63, 3.8) is 0 Å². The number of unbranched alkanes of at least 4 members (excludes halogenated alkanes) is 1. The van der Waals surface area contributed by atoms with Crippen LogP contribution in [0.5, 0.6) is 5.88 Å². The molecule has 30 heavy (non-hydrogen) atoms. The number of nitrogens with zero attached hydrogens (tertiary/aromatic N) is 3. The van der Waals surface area contributed by atoms with Crippen molar-refractivity contribution in [1.82, 2.24) is 9.97 Å². The summed E-state index contributed by atoms with van der Waals surface area (Å²) in [4.78, 5) is 8.58. The Balaban J connectivity index is 0.000000173. The summed E-state index contributed by atoms with van der Waals surface area (Å²) in [5.74, 6) is 1.03. The Morgan fingerprint density at radius 1 is 1.27 bits per heavy atom. The van der Waals surface area contributed by atoms with Crippen LogP contribution in [0.2, 0.25) is 0 Å². The first-order valence-electron chi connectivity index (χ1n) is 11.2. The molecule has 1 spiro atoms. The molecule has 1 saturated heterocycles. The molecule has 0 N–H and O–H groups in total. The highest BCUT2D eigenvalue weighted by atomic mass is 16.5. The Morgan fingerprint density at radius 3 is 2.77 bits per heavy atom. The van der Waals surface area contributed by atoms with E-state index in [2.05, 4.69) is 35.1 Å². The van der Waals surface area contributed by atoms with Crippen molar-refractivity contribution >= 4 is 0 Å². The maximum absolute atomic E-state index is 8.83. The van der Waals surface area contributed by atoms with E-state index in [0.29, 0.717) is 17.4 Å². The molecule has 4 rings (SSSR count). The summed E-state index contributed by atoms with van der Waals surface area (Å²) in [5, 5.41) is 8.83. The number of nitriles is 1. The molecule has 5 heteroatoms. The number of hydrogen-bond acceptors (Lipinski definition) is 5. The van der Waals surface area contributed by atoms with Crippen molar-refractivity contribution in [2.45, 2.75) is 76.2 Å². The summed E-state index contributed by atoms with van der Waals surface area (Å²) >= 11 is 0. The molecule has 2 aromatic heterocycles. The summed E-state index contributed by atoms with van der Waals surface area (Å²) in [6, 6.07) is 10.2. The van der Waals surface area contributed by atoms with Gasteiger partial charge < -0.3 is 9.47 Å². The third-order valence-electron chi connectivity index (χ3n) is 6.15. The van der Waals surface area contributed by atoms with Gasteiger partial charge in [-0.1, -0.05) is 32.3 Å². The quantitative estimate of drug-likeness (QED) is 0.646. The SMILES string of the molecule is CCCCc1cnc(OC)c(C#N)c1.c1ccc([C@@H]2CCOC3(CCCC3)C2)nc1. The highest BCUT2D eigenvalue weighted by Gasteiger charge is 2.40. The third kappa shape index (κ3) is 5.79. The maximum atomic E-state index is 8.83. The largest absolute Gasteiger partial charge is 0.480 e. The van der Waals surface area contributed by atoms with E-state index in [1.807, 2.05) is 18.3 Å². The average Bonchev–Trinajstić information content (AvgIpc) is 3.25. The standard InChI is InChI=1S/C14H19NO.C11H14N2O/c1-4-9-15-13(5-1)12-6-10-16-14(11-12)7-2-3-8-14;1-3-4-5-9-6-10(7-12)11(14-2)13-8-9/h1,4-5,9,12H,2-3,6-8,10-11H2;6,8H,3-5H2,1-2H3/t12-;/m1./s1. The van der Waals surface area contributed by atoms with Crippen molar-refractivity contribution in [2.75, 3.05) is 13.7 Å². The van der Waals surface area contributed by atoms with Crippen molar-refractivity contribution < 1.29 is 9.47 Å². The van der Waals surface area contributed by atoms with E-state index in [1.54, 1.807) is 6.20 Å². The normalized spacial score (nSPS) is 19.6. The minimum Gasteiger partial charge on any atom is -0.480 e. The lowest BCUT2D eigenvalue weighted by Gasteiger charge is -2.38. The second kappa shape index (κ2) is 11.1. The van der Waals surface area contributed by atoms with Gasteiger partial charge in [-0.2, -0.15) is 5.26 Å². The molecule has 1 aliphatic carbocycles. The van der Waals surface area contributed by atoms with Crippen molar-refractivity contribution in [2.24, 2.45) is 0 Å². The molecule has 1 aliphatic heterocycles. The second-order valence-electron chi connectivity index (χ2n) is 8.30. The van der Waals surface area contributed by atoms with Gasteiger partial charge in [-0.3, -0.25) is 4.98 Å². The van der Waals surface area contributed by atoms with Crippen LogP contribution in [0.25, 0.3) is 0 Å². The average molecular weight is 408 g/mol. The predicted octanol–water partition coefficient (Wildman–Crippen LogP) is 5.59. The smallest absolute Gasteiger partial charge is 0.231 e. The summed E-state index contributed by atoms with van der Waals surface area (Å²) in [6.07, 6.45) is 14.5. The van der Waals surface area contributed by atoms with E-state index < -0.39 is 0 Å². The van der Waals surface area contributed by atoms with Crippen LogP contribution in [0, 0.1) is 11.3 Å². The van der Waals surface area contributed by atoms with Crippen LogP contribution in [0.3, 0.4) is 0 Å². The van der Waals surface area contributed by atoms with E-state index in [4.69, 9.17) is 14.7 Å². The molecule has 0 bridgehead atoms. The van der Waals surface area contributed by atoms with Crippen LogP contribution < -0.4 is 4.74 Å². The molecule has 160 valence electrons. The van der Waals surface area contributed by atoms with Crippen LogP contribution in [-0.2, 0) is 11.2 Å². The number of ether oxygens (including phenoxy) is 2. The van der Waals surface area contributed by atoms with E-state index in [1.165, 1.54) is 44.9 Å². The monoisotopic (exact) mass is 407 g/mol. The molecule has 1 saturated carbocycles. The first kappa shape index (κ1) is 22.2. The second-order valence-corrected chi connectivity index (χ2v) is 8.30. The number of aryl methyl sites for hydroxylation is 1. The predicted molar refractivity (Wildman–Crippen MR) is 117 cm³/mol. The van der Waals surface area contributed by atoms with Crippen LogP contribution in [-0.4, -0.2) is 29.3 Å². The maximum Gasteiger partial charge on any atom is 0.231 e. The molecule has 3 heterocycles. The Labute approximate surface area is 180 Å². The fraction of sp³-hybridized carbons (Fsp3) is 0.560. The fourth-order valence-corrected chi connectivity index (χ4v) is 4.52. The first-order valence-corrected chi connectivity index (χ1v) is 11.2. The fourth-order valence-electron chi connectivity index (χ4n) is 4.52. The van der Waals surface area contributed by atoms with Gasteiger partial charge in [0.2, 0.25) is 5.88 Å². The van der Waals surface area contributed by atoms with Gasteiger partial charge in [-0.25, -0.2) is 4.98 Å². The van der Waals surface area contributed by atoms with Gasteiger partial charge in [0.15, 0.2) is 0 Å². The molecule has 0 radical (unpaired) electrons. The van der Waals surface area contributed by atoms with Crippen LogP contribution in [0.4, 0.5) is 0 Å². The van der Waals surface area contributed by atoms with Crippen molar-refractivity contribution in [3.8, 4) is 11.9 Å². The number of rotatable bonds is 5. The van der Waals surface area contributed by atoms with Gasteiger partial charge in [-0.05, 0) is 62.3 Å². The van der Waals surface area contributed by atoms with Gasteiger partial charge in [0, 0.05) is 30.6 Å². The zero-order valence-electron chi connectivity index (χ0n) is 18.3. The molecule has 2 aliphatic rings.